The maximum Gasteiger partial charge on any atom is 0.313 e. The van der Waals surface area contributed by atoms with Gasteiger partial charge < -0.3 is 10.2 Å². The Bertz CT molecular complexity index is 711. The van der Waals surface area contributed by atoms with E-state index in [-0.39, 0.29) is 6.04 Å². The Morgan fingerprint density at radius 1 is 1.09 bits per heavy atom. The molecule has 3 rings (SSSR count). The van der Waals surface area contributed by atoms with Crippen LogP contribution in [0.1, 0.15) is 26.2 Å². The average molecular weight is 296 g/mol. The molecule has 1 aliphatic heterocycles. The van der Waals surface area contributed by atoms with Crippen LogP contribution in [0, 0.1) is 0 Å². The number of nitrogens with one attached hydrogen (secondary N) is 1. The van der Waals surface area contributed by atoms with E-state index < -0.39 is 11.8 Å². The van der Waals surface area contributed by atoms with Gasteiger partial charge in [-0.3, -0.25) is 9.59 Å². The van der Waals surface area contributed by atoms with Crippen LogP contribution in [0.5, 0.6) is 0 Å². The number of rotatable bonds is 1. The summed E-state index contributed by atoms with van der Waals surface area (Å²) < 4.78 is 0. The van der Waals surface area contributed by atoms with Crippen molar-refractivity contribution >= 4 is 28.3 Å². The van der Waals surface area contributed by atoms with Gasteiger partial charge in [0.2, 0.25) is 0 Å². The maximum atomic E-state index is 12.3. The number of likely N-dealkylation sites (tertiary alicyclic amines) is 1. The SMILES string of the molecule is CC1CCCCN1C(=O)C(=O)Nc1ccc2ccccc2c1. The molecule has 1 N–H and O–H groups in total. The van der Waals surface area contributed by atoms with E-state index in [1.807, 2.05) is 49.4 Å². The standard InChI is InChI=1S/C18H20N2O2/c1-13-6-4-5-11-20(13)18(22)17(21)19-16-10-9-14-7-2-3-8-15(14)12-16/h2-3,7-10,12-13H,4-6,11H2,1H3,(H,19,21). The summed E-state index contributed by atoms with van der Waals surface area (Å²) in [5, 5.41) is 4.87. The molecule has 0 saturated carbocycles. The topological polar surface area (TPSA) is 49.4 Å². The number of carbonyl (C=O) groups excluding carboxylic acids is 2. The highest BCUT2D eigenvalue weighted by Gasteiger charge is 2.28. The zero-order valence-corrected chi connectivity index (χ0v) is 12.7. The monoisotopic (exact) mass is 296 g/mol. The lowest BCUT2D eigenvalue weighted by Crippen LogP contribution is -2.47. The summed E-state index contributed by atoms with van der Waals surface area (Å²) in [6, 6.07) is 13.7. The molecule has 1 aliphatic rings. The molecule has 1 saturated heterocycles. The molecule has 114 valence electrons. The number of anilines is 1. The van der Waals surface area contributed by atoms with Gasteiger partial charge in [-0.25, -0.2) is 0 Å². The third-order valence-electron chi connectivity index (χ3n) is 4.27. The number of hydrogen-bond acceptors (Lipinski definition) is 2. The Labute approximate surface area is 130 Å². The van der Waals surface area contributed by atoms with E-state index in [0.717, 1.165) is 30.0 Å². The highest BCUT2D eigenvalue weighted by molar-refractivity contribution is 6.39. The number of nitrogens with zero attached hydrogens (tertiary/aromatic N) is 1. The Balaban J connectivity index is 1.73. The minimum Gasteiger partial charge on any atom is -0.332 e. The normalized spacial score (nSPS) is 18.2. The minimum atomic E-state index is -0.552. The fraction of sp³-hybridized carbons (Fsp3) is 0.333. The quantitative estimate of drug-likeness (QED) is 0.822. The Morgan fingerprint density at radius 2 is 1.86 bits per heavy atom. The van der Waals surface area contributed by atoms with Crippen LogP contribution in [0.25, 0.3) is 10.8 Å². The van der Waals surface area contributed by atoms with E-state index in [9.17, 15) is 9.59 Å². The van der Waals surface area contributed by atoms with Crippen molar-refractivity contribution in [1.29, 1.82) is 0 Å². The molecule has 2 amide bonds. The van der Waals surface area contributed by atoms with Crippen LogP contribution >= 0.6 is 0 Å². The Hall–Kier alpha value is -2.36. The van der Waals surface area contributed by atoms with Crippen molar-refractivity contribution < 1.29 is 9.59 Å². The number of piperidine rings is 1. The zero-order chi connectivity index (χ0) is 15.5. The number of fused-ring (bicyclic) bond motifs is 1. The molecule has 4 heteroatoms. The molecule has 4 nitrogen and oxygen atoms in total. The fourth-order valence-corrected chi connectivity index (χ4v) is 2.98. The molecule has 0 aliphatic carbocycles. The fourth-order valence-electron chi connectivity index (χ4n) is 2.98. The molecule has 0 bridgehead atoms. The Kier molecular flexibility index (Phi) is 4.09. The predicted octanol–water partition coefficient (Wildman–Crippen LogP) is 3.18. The first-order chi connectivity index (χ1) is 10.6. The summed E-state index contributed by atoms with van der Waals surface area (Å²) in [4.78, 5) is 26.2. The van der Waals surface area contributed by atoms with E-state index >= 15 is 0 Å². The van der Waals surface area contributed by atoms with Crippen LogP contribution in [0.4, 0.5) is 5.69 Å². The second-order valence-corrected chi connectivity index (χ2v) is 5.86. The van der Waals surface area contributed by atoms with Crippen LogP contribution in [0.2, 0.25) is 0 Å². The first-order valence-corrected chi connectivity index (χ1v) is 7.76. The van der Waals surface area contributed by atoms with E-state index in [1.165, 1.54) is 0 Å². The number of benzene rings is 2. The van der Waals surface area contributed by atoms with E-state index in [1.54, 1.807) is 4.90 Å². The molecule has 1 heterocycles. The van der Waals surface area contributed by atoms with Crippen LogP contribution in [-0.2, 0) is 9.59 Å². The van der Waals surface area contributed by atoms with E-state index in [0.29, 0.717) is 12.2 Å². The van der Waals surface area contributed by atoms with Crippen LogP contribution in [-0.4, -0.2) is 29.3 Å². The summed E-state index contributed by atoms with van der Waals surface area (Å²) in [6.45, 7) is 2.67. The summed E-state index contributed by atoms with van der Waals surface area (Å²) in [6.07, 6.45) is 3.06. The maximum absolute atomic E-state index is 12.3. The third-order valence-corrected chi connectivity index (χ3v) is 4.27. The highest BCUT2D eigenvalue weighted by Crippen LogP contribution is 2.20. The number of amides is 2. The van der Waals surface area contributed by atoms with Gasteiger partial charge in [-0.1, -0.05) is 30.3 Å². The van der Waals surface area contributed by atoms with Gasteiger partial charge >= 0.3 is 11.8 Å². The highest BCUT2D eigenvalue weighted by atomic mass is 16.2. The second-order valence-electron chi connectivity index (χ2n) is 5.86. The third kappa shape index (κ3) is 2.96. The van der Waals surface area contributed by atoms with Crippen molar-refractivity contribution in [1.82, 2.24) is 4.90 Å². The van der Waals surface area contributed by atoms with Gasteiger partial charge in [-0.15, -0.1) is 0 Å². The van der Waals surface area contributed by atoms with Gasteiger partial charge in [0, 0.05) is 18.3 Å². The first-order valence-electron chi connectivity index (χ1n) is 7.76. The van der Waals surface area contributed by atoms with Crippen molar-refractivity contribution in [3.05, 3.63) is 42.5 Å². The van der Waals surface area contributed by atoms with Crippen LogP contribution in [0.3, 0.4) is 0 Å². The largest absolute Gasteiger partial charge is 0.332 e. The lowest BCUT2D eigenvalue weighted by molar-refractivity contribution is -0.145. The van der Waals surface area contributed by atoms with Gasteiger partial charge in [0.1, 0.15) is 0 Å². The molecule has 2 aromatic carbocycles. The molecular weight excluding hydrogens is 276 g/mol. The van der Waals surface area contributed by atoms with Crippen molar-refractivity contribution in [2.45, 2.75) is 32.2 Å². The van der Waals surface area contributed by atoms with Gasteiger partial charge in [0.05, 0.1) is 0 Å². The van der Waals surface area contributed by atoms with Gasteiger partial charge in [0.15, 0.2) is 0 Å². The minimum absolute atomic E-state index is 0.142. The van der Waals surface area contributed by atoms with Gasteiger partial charge in [-0.2, -0.15) is 0 Å². The lowest BCUT2D eigenvalue weighted by atomic mass is 10.0. The van der Waals surface area contributed by atoms with E-state index in [4.69, 9.17) is 0 Å². The van der Waals surface area contributed by atoms with E-state index in [2.05, 4.69) is 5.32 Å². The van der Waals surface area contributed by atoms with Crippen molar-refractivity contribution in [3.8, 4) is 0 Å². The summed E-state index contributed by atoms with van der Waals surface area (Å²) in [7, 11) is 0. The molecule has 22 heavy (non-hydrogen) atoms. The zero-order valence-electron chi connectivity index (χ0n) is 12.7. The van der Waals surface area contributed by atoms with Crippen LogP contribution in [0.15, 0.2) is 42.5 Å². The summed E-state index contributed by atoms with van der Waals surface area (Å²) in [5.74, 6) is -0.982. The number of hydrogen-bond donors (Lipinski definition) is 1. The molecule has 0 aromatic heterocycles. The average Bonchev–Trinajstić information content (AvgIpc) is 2.54. The smallest absolute Gasteiger partial charge is 0.313 e. The second kappa shape index (κ2) is 6.18. The first kappa shape index (κ1) is 14.6. The predicted molar refractivity (Wildman–Crippen MR) is 87.6 cm³/mol. The molecule has 1 unspecified atom stereocenters. The lowest BCUT2D eigenvalue weighted by Gasteiger charge is -2.32. The molecule has 2 aromatic rings. The molecule has 1 fully saturated rings. The Morgan fingerprint density at radius 3 is 2.64 bits per heavy atom. The van der Waals surface area contributed by atoms with Crippen molar-refractivity contribution in [2.24, 2.45) is 0 Å². The number of carbonyl (C=O) groups is 2. The molecule has 0 spiro atoms. The van der Waals surface area contributed by atoms with Gasteiger partial charge in [0.25, 0.3) is 0 Å². The van der Waals surface area contributed by atoms with Crippen molar-refractivity contribution in [2.75, 3.05) is 11.9 Å². The summed E-state index contributed by atoms with van der Waals surface area (Å²) >= 11 is 0. The molecule has 0 radical (unpaired) electrons. The van der Waals surface area contributed by atoms with Gasteiger partial charge in [-0.05, 0) is 49.1 Å². The molecular formula is C18H20N2O2. The molecule has 1 atom stereocenters. The van der Waals surface area contributed by atoms with Crippen molar-refractivity contribution in [3.63, 3.8) is 0 Å². The summed E-state index contributed by atoms with van der Waals surface area (Å²) in [5.41, 5.74) is 0.654. The van der Waals surface area contributed by atoms with Crippen LogP contribution < -0.4 is 5.32 Å².